The normalized spacial score (nSPS) is 12.8. The van der Waals surface area contributed by atoms with Crippen LogP contribution in [0.15, 0.2) is 24.3 Å². The zero-order valence-electron chi connectivity index (χ0n) is 43.0. The first-order valence-electron chi connectivity index (χ1n) is 28.6. The first-order chi connectivity index (χ1) is 31.5. The Labute approximate surface area is 399 Å². The molecule has 0 aliphatic heterocycles. The second-order valence-corrected chi connectivity index (χ2v) is 19.6. The maximum absolute atomic E-state index is 12.4. The van der Waals surface area contributed by atoms with Crippen LogP contribution in [-0.4, -0.2) is 47.4 Å². The number of allylic oxidation sites excluding steroid dienone is 4. The molecule has 6 heteroatoms. The zero-order chi connectivity index (χ0) is 46.5. The Balaban J connectivity index is 3.52. The predicted octanol–water partition coefficient (Wildman–Crippen LogP) is 17.5. The number of aliphatic hydroxyl groups is 2. The van der Waals surface area contributed by atoms with Crippen molar-refractivity contribution in [1.29, 1.82) is 0 Å². The Morgan fingerprint density at radius 2 is 0.797 bits per heavy atom. The van der Waals surface area contributed by atoms with E-state index in [0.29, 0.717) is 32.3 Å². The second-order valence-electron chi connectivity index (χ2n) is 19.6. The van der Waals surface area contributed by atoms with Crippen molar-refractivity contribution in [3.8, 4) is 0 Å². The molecule has 2 unspecified atom stereocenters. The number of amides is 1. The van der Waals surface area contributed by atoms with Crippen molar-refractivity contribution in [2.45, 2.75) is 321 Å². The van der Waals surface area contributed by atoms with Gasteiger partial charge in [0.1, 0.15) is 0 Å². The molecule has 0 bridgehead atoms. The molecule has 0 saturated heterocycles. The lowest BCUT2D eigenvalue weighted by Gasteiger charge is -2.22. The van der Waals surface area contributed by atoms with E-state index in [1.54, 1.807) is 0 Å². The topological polar surface area (TPSA) is 95.9 Å². The van der Waals surface area contributed by atoms with Crippen molar-refractivity contribution in [2.24, 2.45) is 0 Å². The average Bonchev–Trinajstić information content (AvgIpc) is 3.29. The minimum absolute atomic E-state index is 0.0131. The first-order valence-corrected chi connectivity index (χ1v) is 28.6. The number of rotatable bonds is 53. The molecule has 0 aliphatic carbocycles. The molecule has 0 heterocycles. The Hall–Kier alpha value is -1.66. The van der Waals surface area contributed by atoms with Crippen LogP contribution in [0.4, 0.5) is 0 Å². The third-order valence-electron chi connectivity index (χ3n) is 13.3. The maximum Gasteiger partial charge on any atom is 0.305 e. The number of aliphatic hydroxyl groups excluding tert-OH is 2. The number of carbonyl (C=O) groups is 2. The zero-order valence-corrected chi connectivity index (χ0v) is 43.0. The van der Waals surface area contributed by atoms with E-state index in [9.17, 15) is 19.8 Å². The molecule has 0 aromatic heterocycles. The van der Waals surface area contributed by atoms with E-state index in [1.165, 1.54) is 218 Å². The van der Waals surface area contributed by atoms with Gasteiger partial charge in [-0.05, 0) is 44.9 Å². The summed E-state index contributed by atoms with van der Waals surface area (Å²) in [6, 6.07) is -0.585. The van der Waals surface area contributed by atoms with E-state index in [1.807, 2.05) is 6.08 Å². The number of hydrogen-bond donors (Lipinski definition) is 3. The fourth-order valence-electron chi connectivity index (χ4n) is 8.87. The summed E-state index contributed by atoms with van der Waals surface area (Å²) in [4.78, 5) is 24.5. The molecule has 0 spiro atoms. The van der Waals surface area contributed by atoms with E-state index < -0.39 is 12.1 Å². The van der Waals surface area contributed by atoms with Gasteiger partial charge in [-0.1, -0.05) is 276 Å². The lowest BCUT2D eigenvalue weighted by atomic mass is 10.0. The molecule has 378 valence electrons. The fourth-order valence-corrected chi connectivity index (χ4v) is 8.87. The van der Waals surface area contributed by atoms with Crippen molar-refractivity contribution in [2.75, 3.05) is 13.2 Å². The van der Waals surface area contributed by atoms with Gasteiger partial charge in [-0.25, -0.2) is 0 Å². The van der Waals surface area contributed by atoms with Crippen LogP contribution in [0.2, 0.25) is 0 Å². The van der Waals surface area contributed by atoms with Crippen LogP contribution in [0.5, 0.6) is 0 Å². The van der Waals surface area contributed by atoms with Gasteiger partial charge in [-0.2, -0.15) is 0 Å². The van der Waals surface area contributed by atoms with Gasteiger partial charge in [0.15, 0.2) is 0 Å². The molecule has 0 saturated carbocycles. The Kier molecular flexibility index (Phi) is 52.6. The summed E-state index contributed by atoms with van der Waals surface area (Å²) in [5.74, 6) is -0.126. The number of ether oxygens (including phenoxy) is 1. The van der Waals surface area contributed by atoms with Gasteiger partial charge < -0.3 is 20.3 Å². The van der Waals surface area contributed by atoms with E-state index in [2.05, 4.69) is 37.4 Å². The molecule has 0 aromatic rings. The maximum atomic E-state index is 12.4. The molecule has 1 amide bonds. The Morgan fingerprint density at radius 1 is 0.438 bits per heavy atom. The van der Waals surface area contributed by atoms with Crippen molar-refractivity contribution in [1.82, 2.24) is 5.32 Å². The molecule has 2 atom stereocenters. The number of unbranched alkanes of at least 4 members (excludes halogenated alkanes) is 38. The minimum atomic E-state index is -0.699. The van der Waals surface area contributed by atoms with Crippen LogP contribution < -0.4 is 5.32 Å². The second kappa shape index (κ2) is 54.0. The van der Waals surface area contributed by atoms with Gasteiger partial charge in [0.25, 0.3) is 0 Å². The standard InChI is InChI=1S/C58H111NO5/c1-3-5-7-9-11-13-15-17-19-21-22-23-26-30-34-38-42-46-50-56(61)55(54-60)59-57(62)51-47-43-39-35-31-27-25-29-33-37-41-45-49-53-64-58(63)52-48-44-40-36-32-28-24-20-18-16-14-12-10-8-6-4-2/h27,31,39,43,55-56,60-61H,3-26,28-30,32-38,40-42,44-54H2,1-2H3,(H,59,62)/b31-27-,43-39-. The summed E-state index contributed by atoms with van der Waals surface area (Å²) < 4.78 is 5.47. The summed E-state index contributed by atoms with van der Waals surface area (Å²) in [5, 5.41) is 23.2. The van der Waals surface area contributed by atoms with Crippen molar-refractivity contribution >= 4 is 11.9 Å². The SMILES string of the molecule is CCCCCCCCCCCCCCCCCCCCC(O)C(CO)NC(=O)CC/C=C\C/C=C\CCCCCCCCOC(=O)CCCCCCCCCCCCCCCCCC. The van der Waals surface area contributed by atoms with Gasteiger partial charge >= 0.3 is 5.97 Å². The first kappa shape index (κ1) is 62.3. The molecule has 64 heavy (non-hydrogen) atoms. The van der Waals surface area contributed by atoms with Crippen LogP contribution in [0.25, 0.3) is 0 Å². The number of hydrogen-bond acceptors (Lipinski definition) is 5. The molecule has 0 fully saturated rings. The fraction of sp³-hybridized carbons (Fsp3) is 0.897. The highest BCUT2D eigenvalue weighted by Crippen LogP contribution is 2.17. The van der Waals surface area contributed by atoms with Crippen LogP contribution in [0, 0.1) is 0 Å². The molecule has 0 aliphatic rings. The lowest BCUT2D eigenvalue weighted by Crippen LogP contribution is -2.45. The van der Waals surface area contributed by atoms with Gasteiger partial charge in [0.2, 0.25) is 5.91 Å². The Morgan fingerprint density at radius 3 is 1.22 bits per heavy atom. The molecular formula is C58H111NO5. The molecule has 0 rings (SSSR count). The Bertz CT molecular complexity index is 997. The molecule has 3 N–H and O–H groups in total. The highest BCUT2D eigenvalue weighted by Gasteiger charge is 2.19. The van der Waals surface area contributed by atoms with E-state index in [-0.39, 0.29) is 18.5 Å². The minimum Gasteiger partial charge on any atom is -0.466 e. The number of carbonyl (C=O) groups excluding carboxylic acids is 2. The van der Waals surface area contributed by atoms with Gasteiger partial charge in [0, 0.05) is 12.8 Å². The summed E-state index contributed by atoms with van der Waals surface area (Å²) in [5.41, 5.74) is 0. The van der Waals surface area contributed by atoms with Crippen LogP contribution in [0.1, 0.15) is 309 Å². The predicted molar refractivity (Wildman–Crippen MR) is 278 cm³/mol. The summed E-state index contributed by atoms with van der Waals surface area (Å²) >= 11 is 0. The average molecular weight is 903 g/mol. The van der Waals surface area contributed by atoms with E-state index in [0.717, 1.165) is 51.4 Å². The number of esters is 1. The quantitative estimate of drug-likeness (QED) is 0.0321. The van der Waals surface area contributed by atoms with Crippen LogP contribution in [-0.2, 0) is 14.3 Å². The molecule has 0 aromatic carbocycles. The van der Waals surface area contributed by atoms with Crippen LogP contribution in [0.3, 0.4) is 0 Å². The highest BCUT2D eigenvalue weighted by molar-refractivity contribution is 5.76. The van der Waals surface area contributed by atoms with Gasteiger partial charge in [0.05, 0.1) is 25.4 Å². The monoisotopic (exact) mass is 902 g/mol. The van der Waals surface area contributed by atoms with Gasteiger partial charge in [-0.3, -0.25) is 9.59 Å². The summed E-state index contributed by atoms with van der Waals surface area (Å²) in [7, 11) is 0. The van der Waals surface area contributed by atoms with E-state index >= 15 is 0 Å². The molecule has 6 nitrogen and oxygen atoms in total. The summed E-state index contributed by atoms with van der Waals surface area (Å²) in [6.07, 6.45) is 64.6. The smallest absolute Gasteiger partial charge is 0.305 e. The van der Waals surface area contributed by atoms with Crippen molar-refractivity contribution in [3.63, 3.8) is 0 Å². The largest absolute Gasteiger partial charge is 0.466 e. The van der Waals surface area contributed by atoms with Crippen molar-refractivity contribution < 1.29 is 24.5 Å². The van der Waals surface area contributed by atoms with Gasteiger partial charge in [-0.15, -0.1) is 0 Å². The van der Waals surface area contributed by atoms with Crippen LogP contribution >= 0.6 is 0 Å². The van der Waals surface area contributed by atoms with Crippen molar-refractivity contribution in [3.05, 3.63) is 24.3 Å². The lowest BCUT2D eigenvalue weighted by molar-refractivity contribution is -0.143. The molecular weight excluding hydrogens is 791 g/mol. The third-order valence-corrected chi connectivity index (χ3v) is 13.3. The molecule has 0 radical (unpaired) electrons. The third kappa shape index (κ3) is 49.8. The highest BCUT2D eigenvalue weighted by atomic mass is 16.5. The summed E-state index contributed by atoms with van der Waals surface area (Å²) in [6.45, 7) is 4.91. The van der Waals surface area contributed by atoms with E-state index in [4.69, 9.17) is 4.74 Å². The number of nitrogens with one attached hydrogen (secondary N) is 1.